The van der Waals surface area contributed by atoms with Crippen LogP contribution in [-0.4, -0.2) is 24.1 Å². The van der Waals surface area contributed by atoms with Gasteiger partial charge in [-0.3, -0.25) is 4.79 Å². The molecule has 0 spiro atoms. The first-order valence-corrected chi connectivity index (χ1v) is 9.40. The topological polar surface area (TPSA) is 88.4 Å². The smallest absolute Gasteiger partial charge is 0.348 e. The highest BCUT2D eigenvalue weighted by Crippen LogP contribution is 2.33. The average molecular weight is 407 g/mol. The first kappa shape index (κ1) is 20.7. The van der Waals surface area contributed by atoms with Crippen molar-refractivity contribution in [3.8, 4) is 11.8 Å². The first-order chi connectivity index (χ1) is 12.7. The summed E-state index contributed by atoms with van der Waals surface area (Å²) in [5.41, 5.74) is 0.714. The molecule has 6 nitrogen and oxygen atoms in total. The molecule has 1 aromatic carbocycles. The van der Waals surface area contributed by atoms with E-state index < -0.39 is 18.0 Å². The fourth-order valence-corrected chi connectivity index (χ4v) is 3.43. The molecule has 2 rings (SSSR count). The first-order valence-electron chi connectivity index (χ1n) is 8.20. The van der Waals surface area contributed by atoms with Crippen molar-refractivity contribution in [2.45, 2.75) is 39.9 Å². The molecule has 1 aromatic heterocycles. The second-order valence-corrected chi connectivity index (χ2v) is 7.49. The number of carbonyl (C=O) groups excluding carboxylic acids is 2. The zero-order chi connectivity index (χ0) is 20.1. The molecule has 0 bridgehead atoms. The lowest BCUT2D eigenvalue weighted by atomic mass is 10.1. The molecule has 1 N–H and O–H groups in total. The van der Waals surface area contributed by atoms with Gasteiger partial charge in [-0.05, 0) is 51.5 Å². The van der Waals surface area contributed by atoms with Crippen LogP contribution in [0.15, 0.2) is 24.3 Å². The van der Waals surface area contributed by atoms with Crippen molar-refractivity contribution in [1.29, 1.82) is 5.26 Å². The predicted octanol–water partition coefficient (Wildman–Crippen LogP) is 4.55. The van der Waals surface area contributed by atoms with Crippen molar-refractivity contribution in [2.24, 2.45) is 0 Å². The maximum atomic E-state index is 12.5. The molecule has 8 heteroatoms. The van der Waals surface area contributed by atoms with Crippen LogP contribution in [-0.2, 0) is 9.53 Å². The number of nitriles is 1. The van der Waals surface area contributed by atoms with Gasteiger partial charge in [0, 0.05) is 5.02 Å². The highest BCUT2D eigenvalue weighted by molar-refractivity contribution is 7.18. The summed E-state index contributed by atoms with van der Waals surface area (Å²) in [7, 11) is 0. The molecule has 1 heterocycles. The summed E-state index contributed by atoms with van der Waals surface area (Å²) in [6, 6.07) is 8.72. The third kappa shape index (κ3) is 5.22. The highest BCUT2D eigenvalue weighted by Gasteiger charge is 2.24. The minimum atomic E-state index is -0.830. The molecule has 0 saturated carbocycles. The Labute approximate surface area is 166 Å². The predicted molar refractivity (Wildman–Crippen MR) is 104 cm³/mol. The molecule has 1 atom stereocenters. The van der Waals surface area contributed by atoms with E-state index in [2.05, 4.69) is 5.32 Å². The molecule has 2 aromatic rings. The van der Waals surface area contributed by atoms with Gasteiger partial charge in [0.05, 0.1) is 11.7 Å². The number of carbonyl (C=O) groups is 2. The Morgan fingerprint density at radius 2 is 2.00 bits per heavy atom. The lowest BCUT2D eigenvalue weighted by Gasteiger charge is -2.14. The Morgan fingerprint density at radius 1 is 1.30 bits per heavy atom. The molecule has 0 radical (unpaired) electrons. The van der Waals surface area contributed by atoms with Crippen molar-refractivity contribution in [3.63, 3.8) is 0 Å². The van der Waals surface area contributed by atoms with Crippen molar-refractivity contribution in [2.75, 3.05) is 5.32 Å². The van der Waals surface area contributed by atoms with Gasteiger partial charge in [-0.1, -0.05) is 17.7 Å². The van der Waals surface area contributed by atoms with Crippen molar-refractivity contribution in [3.05, 3.63) is 45.3 Å². The van der Waals surface area contributed by atoms with Crippen LogP contribution in [0.2, 0.25) is 5.02 Å². The minimum Gasteiger partial charge on any atom is -0.481 e. The molecular weight excluding hydrogens is 388 g/mol. The van der Waals surface area contributed by atoms with Crippen LogP contribution < -0.4 is 10.1 Å². The normalized spacial score (nSPS) is 11.6. The van der Waals surface area contributed by atoms with E-state index in [9.17, 15) is 14.9 Å². The summed E-state index contributed by atoms with van der Waals surface area (Å²) in [5, 5.41) is 12.8. The average Bonchev–Trinajstić information content (AvgIpc) is 2.89. The second-order valence-electron chi connectivity index (χ2n) is 6.03. The maximum Gasteiger partial charge on any atom is 0.348 e. The number of halogens is 1. The van der Waals surface area contributed by atoms with Gasteiger partial charge in [0.1, 0.15) is 21.7 Å². The zero-order valence-electron chi connectivity index (χ0n) is 15.3. The number of amides is 1. The summed E-state index contributed by atoms with van der Waals surface area (Å²) < 4.78 is 10.8. The summed E-state index contributed by atoms with van der Waals surface area (Å²) in [5.74, 6) is -0.515. The lowest BCUT2D eigenvalue weighted by molar-refractivity contribution is -0.122. The maximum absolute atomic E-state index is 12.5. The Morgan fingerprint density at radius 3 is 2.59 bits per heavy atom. The zero-order valence-corrected chi connectivity index (χ0v) is 16.9. The van der Waals surface area contributed by atoms with Gasteiger partial charge in [0.25, 0.3) is 5.91 Å². The number of nitrogens with zero attached hydrogens (tertiary/aromatic N) is 1. The Hall–Kier alpha value is -2.56. The van der Waals surface area contributed by atoms with E-state index in [1.807, 2.05) is 6.07 Å². The molecule has 27 heavy (non-hydrogen) atoms. The van der Waals surface area contributed by atoms with Crippen molar-refractivity contribution in [1.82, 2.24) is 0 Å². The van der Waals surface area contributed by atoms with Crippen LogP contribution in [0.3, 0.4) is 0 Å². The van der Waals surface area contributed by atoms with E-state index in [-0.39, 0.29) is 16.7 Å². The van der Waals surface area contributed by atoms with Gasteiger partial charge in [0.2, 0.25) is 0 Å². The minimum absolute atomic E-state index is 0.235. The number of esters is 1. The van der Waals surface area contributed by atoms with E-state index in [0.717, 1.165) is 11.3 Å². The Balaban J connectivity index is 2.17. The van der Waals surface area contributed by atoms with Crippen LogP contribution in [0.5, 0.6) is 5.75 Å². The molecule has 0 aliphatic heterocycles. The summed E-state index contributed by atoms with van der Waals surface area (Å²) >= 11 is 6.91. The number of thiophene rings is 1. The molecule has 0 saturated heterocycles. The molecule has 0 aliphatic carbocycles. The van der Waals surface area contributed by atoms with Gasteiger partial charge in [-0.2, -0.15) is 5.26 Å². The van der Waals surface area contributed by atoms with Gasteiger partial charge in [-0.25, -0.2) is 4.79 Å². The third-order valence-corrected chi connectivity index (χ3v) is 4.92. The number of hydrogen-bond donors (Lipinski definition) is 1. The standard InChI is InChI=1S/C19H19ClN2O4S/c1-10(2)25-19(24)16-11(3)15(9-21)18(27-16)22-17(23)12(4)26-14-7-5-6-13(20)8-14/h5-8,10,12H,1-4H3,(H,22,23). The largest absolute Gasteiger partial charge is 0.481 e. The summed E-state index contributed by atoms with van der Waals surface area (Å²) in [6.07, 6.45) is -1.11. The van der Waals surface area contributed by atoms with Crippen LogP contribution in [0, 0.1) is 18.3 Å². The summed E-state index contributed by atoms with van der Waals surface area (Å²) in [6.45, 7) is 6.71. The van der Waals surface area contributed by atoms with Crippen LogP contribution in [0.25, 0.3) is 0 Å². The van der Waals surface area contributed by atoms with Crippen molar-refractivity contribution < 1.29 is 19.1 Å². The lowest BCUT2D eigenvalue weighted by Crippen LogP contribution is -2.30. The van der Waals surface area contributed by atoms with E-state index in [4.69, 9.17) is 21.1 Å². The van der Waals surface area contributed by atoms with Crippen LogP contribution in [0.4, 0.5) is 5.00 Å². The van der Waals surface area contributed by atoms with Gasteiger partial charge >= 0.3 is 5.97 Å². The summed E-state index contributed by atoms with van der Waals surface area (Å²) in [4.78, 5) is 24.9. The van der Waals surface area contributed by atoms with E-state index in [1.54, 1.807) is 52.0 Å². The highest BCUT2D eigenvalue weighted by atomic mass is 35.5. The third-order valence-electron chi connectivity index (χ3n) is 3.50. The second kappa shape index (κ2) is 8.89. The molecule has 1 amide bonds. The van der Waals surface area contributed by atoms with Gasteiger partial charge in [0.15, 0.2) is 6.10 Å². The number of rotatable bonds is 6. The van der Waals surface area contributed by atoms with Gasteiger partial charge < -0.3 is 14.8 Å². The quantitative estimate of drug-likeness (QED) is 0.710. The van der Waals surface area contributed by atoms with Crippen LogP contribution >= 0.6 is 22.9 Å². The molecule has 1 unspecified atom stereocenters. The number of nitrogens with one attached hydrogen (secondary N) is 1. The number of benzene rings is 1. The Bertz CT molecular complexity index is 902. The monoisotopic (exact) mass is 406 g/mol. The molecular formula is C19H19ClN2O4S. The molecule has 0 aliphatic rings. The van der Waals surface area contributed by atoms with Crippen LogP contribution in [0.1, 0.15) is 41.6 Å². The SMILES string of the molecule is Cc1c(C(=O)OC(C)C)sc(NC(=O)C(C)Oc2cccc(Cl)c2)c1C#N. The molecule has 0 fully saturated rings. The number of anilines is 1. The van der Waals surface area contributed by atoms with E-state index >= 15 is 0 Å². The Kier molecular flexibility index (Phi) is 6.83. The fourth-order valence-electron chi connectivity index (χ4n) is 2.21. The van der Waals surface area contributed by atoms with E-state index in [0.29, 0.717) is 21.2 Å². The molecule has 142 valence electrons. The number of ether oxygens (including phenoxy) is 2. The van der Waals surface area contributed by atoms with Crippen molar-refractivity contribution >= 4 is 39.8 Å². The number of hydrogen-bond acceptors (Lipinski definition) is 6. The van der Waals surface area contributed by atoms with E-state index in [1.165, 1.54) is 0 Å². The fraction of sp³-hybridized carbons (Fsp3) is 0.316. The van der Waals surface area contributed by atoms with Gasteiger partial charge in [-0.15, -0.1) is 11.3 Å².